The van der Waals surface area contributed by atoms with Gasteiger partial charge in [-0.25, -0.2) is 0 Å². The highest BCUT2D eigenvalue weighted by Gasteiger charge is 2.14. The minimum Gasteiger partial charge on any atom is -0.497 e. The van der Waals surface area contributed by atoms with Crippen LogP contribution in [-0.2, 0) is 11.3 Å². The molecule has 0 bridgehead atoms. The topological polar surface area (TPSA) is 60.3 Å². The number of para-hydroxylation sites is 1. The first-order valence-corrected chi connectivity index (χ1v) is 9.51. The zero-order chi connectivity index (χ0) is 20.5. The lowest BCUT2D eigenvalue weighted by Crippen LogP contribution is -2.21. The van der Waals surface area contributed by atoms with Crippen LogP contribution in [0, 0.1) is 6.92 Å². The zero-order valence-corrected chi connectivity index (χ0v) is 16.8. The summed E-state index contributed by atoms with van der Waals surface area (Å²) in [6.45, 7) is 1.95. The van der Waals surface area contributed by atoms with Gasteiger partial charge in [-0.2, -0.15) is 0 Å². The van der Waals surface area contributed by atoms with Crippen molar-refractivity contribution in [1.82, 2.24) is 4.57 Å². The van der Waals surface area contributed by atoms with Gasteiger partial charge in [-0.3, -0.25) is 9.59 Å². The Morgan fingerprint density at radius 1 is 1.03 bits per heavy atom. The SMILES string of the molecule is COc1ccc2c(c1)c(=O)c1ccccc1n2CC(=O)Nc1ccc(C)c(Cl)c1. The van der Waals surface area contributed by atoms with Crippen LogP contribution in [0.4, 0.5) is 5.69 Å². The Morgan fingerprint density at radius 2 is 1.79 bits per heavy atom. The van der Waals surface area contributed by atoms with Gasteiger partial charge in [0.2, 0.25) is 5.91 Å². The van der Waals surface area contributed by atoms with Gasteiger partial charge >= 0.3 is 0 Å². The Labute approximate surface area is 172 Å². The summed E-state index contributed by atoms with van der Waals surface area (Å²) in [5, 5.41) is 4.53. The van der Waals surface area contributed by atoms with Gasteiger partial charge in [-0.15, -0.1) is 0 Å². The van der Waals surface area contributed by atoms with Crippen LogP contribution >= 0.6 is 11.6 Å². The van der Waals surface area contributed by atoms with Gasteiger partial charge in [0.25, 0.3) is 0 Å². The van der Waals surface area contributed by atoms with E-state index in [1.807, 2.05) is 41.8 Å². The van der Waals surface area contributed by atoms with E-state index in [0.29, 0.717) is 38.3 Å². The maximum absolute atomic E-state index is 13.0. The molecule has 4 rings (SSSR count). The van der Waals surface area contributed by atoms with Crippen LogP contribution < -0.4 is 15.5 Å². The molecular weight excluding hydrogens is 388 g/mol. The number of ether oxygens (including phenoxy) is 1. The monoisotopic (exact) mass is 406 g/mol. The predicted octanol–water partition coefficient (Wildman–Crippen LogP) is 4.76. The van der Waals surface area contributed by atoms with Crippen molar-refractivity contribution >= 4 is 45.0 Å². The van der Waals surface area contributed by atoms with Crippen LogP contribution in [0.3, 0.4) is 0 Å². The zero-order valence-electron chi connectivity index (χ0n) is 16.0. The van der Waals surface area contributed by atoms with E-state index in [2.05, 4.69) is 5.32 Å². The van der Waals surface area contributed by atoms with Gasteiger partial charge < -0.3 is 14.6 Å². The summed E-state index contributed by atoms with van der Waals surface area (Å²) < 4.78 is 7.11. The number of fused-ring (bicyclic) bond motifs is 2. The predicted molar refractivity (Wildman–Crippen MR) is 117 cm³/mol. The number of pyridine rings is 1. The Bertz CT molecular complexity index is 1310. The minimum absolute atomic E-state index is 0.0507. The van der Waals surface area contributed by atoms with Crippen LogP contribution in [0.15, 0.2) is 65.5 Å². The first-order chi connectivity index (χ1) is 14.0. The second-order valence-electron chi connectivity index (χ2n) is 6.83. The van der Waals surface area contributed by atoms with E-state index in [0.717, 1.165) is 5.56 Å². The highest BCUT2D eigenvalue weighted by Crippen LogP contribution is 2.24. The van der Waals surface area contributed by atoms with E-state index in [1.54, 1.807) is 37.4 Å². The Morgan fingerprint density at radius 3 is 2.55 bits per heavy atom. The number of methoxy groups -OCH3 is 1. The van der Waals surface area contributed by atoms with Crippen molar-refractivity contribution in [2.75, 3.05) is 12.4 Å². The number of aryl methyl sites for hydroxylation is 1. The molecule has 0 aliphatic rings. The average molecular weight is 407 g/mol. The molecule has 0 saturated carbocycles. The third-order valence-corrected chi connectivity index (χ3v) is 5.34. The number of hydrogen-bond acceptors (Lipinski definition) is 3. The molecule has 4 aromatic rings. The van der Waals surface area contributed by atoms with Crippen LogP contribution in [0.2, 0.25) is 5.02 Å². The van der Waals surface area contributed by atoms with E-state index in [-0.39, 0.29) is 17.9 Å². The molecule has 0 aliphatic heterocycles. The van der Waals surface area contributed by atoms with E-state index in [9.17, 15) is 9.59 Å². The summed E-state index contributed by atoms with van der Waals surface area (Å²) >= 11 is 6.16. The van der Waals surface area contributed by atoms with Crippen molar-refractivity contribution in [1.29, 1.82) is 0 Å². The number of benzene rings is 3. The van der Waals surface area contributed by atoms with Crippen molar-refractivity contribution in [3.8, 4) is 5.75 Å². The molecule has 0 atom stereocenters. The second-order valence-corrected chi connectivity index (χ2v) is 7.23. The largest absolute Gasteiger partial charge is 0.497 e. The molecule has 0 aliphatic carbocycles. The third-order valence-electron chi connectivity index (χ3n) is 4.94. The summed E-state index contributed by atoms with van der Waals surface area (Å²) in [5.74, 6) is 0.381. The van der Waals surface area contributed by atoms with Crippen molar-refractivity contribution in [2.45, 2.75) is 13.5 Å². The third kappa shape index (κ3) is 3.57. The van der Waals surface area contributed by atoms with Gasteiger partial charge in [-0.05, 0) is 55.0 Å². The second kappa shape index (κ2) is 7.60. The molecule has 0 fully saturated rings. The van der Waals surface area contributed by atoms with Crippen molar-refractivity contribution < 1.29 is 9.53 Å². The molecule has 5 nitrogen and oxygen atoms in total. The quantitative estimate of drug-likeness (QED) is 0.497. The lowest BCUT2D eigenvalue weighted by molar-refractivity contribution is -0.116. The lowest BCUT2D eigenvalue weighted by atomic mass is 10.1. The van der Waals surface area contributed by atoms with Crippen LogP contribution in [0.25, 0.3) is 21.8 Å². The maximum atomic E-state index is 13.0. The molecule has 1 aromatic heterocycles. The van der Waals surface area contributed by atoms with E-state index in [4.69, 9.17) is 16.3 Å². The first-order valence-electron chi connectivity index (χ1n) is 9.13. The Kier molecular flexibility index (Phi) is 4.99. The highest BCUT2D eigenvalue weighted by molar-refractivity contribution is 6.31. The molecular formula is C23H19ClN2O3. The summed E-state index contributed by atoms with van der Waals surface area (Å²) in [6, 6.07) is 18.0. The molecule has 146 valence electrons. The maximum Gasteiger partial charge on any atom is 0.244 e. The van der Waals surface area contributed by atoms with Gasteiger partial charge in [0, 0.05) is 21.5 Å². The number of carbonyl (C=O) groups is 1. The number of nitrogens with one attached hydrogen (secondary N) is 1. The van der Waals surface area contributed by atoms with E-state index < -0.39 is 0 Å². The van der Waals surface area contributed by atoms with E-state index >= 15 is 0 Å². The van der Waals surface area contributed by atoms with Crippen molar-refractivity contribution in [3.63, 3.8) is 0 Å². The van der Waals surface area contributed by atoms with Crippen LogP contribution in [0.5, 0.6) is 5.75 Å². The summed E-state index contributed by atoms with van der Waals surface area (Å²) in [6.07, 6.45) is 0. The number of aromatic nitrogens is 1. The standard InChI is InChI=1S/C23H19ClN2O3/c1-14-7-8-15(11-19(14)24)25-22(27)13-26-20-6-4-3-5-17(20)23(28)18-12-16(29-2)9-10-21(18)26/h3-12H,13H2,1-2H3,(H,25,27). The molecule has 1 heterocycles. The van der Waals surface area contributed by atoms with Crippen LogP contribution in [0.1, 0.15) is 5.56 Å². The molecule has 29 heavy (non-hydrogen) atoms. The summed E-state index contributed by atoms with van der Waals surface area (Å²) in [7, 11) is 1.56. The molecule has 1 amide bonds. The fraction of sp³-hybridized carbons (Fsp3) is 0.130. The molecule has 0 spiro atoms. The van der Waals surface area contributed by atoms with E-state index in [1.165, 1.54) is 0 Å². The summed E-state index contributed by atoms with van der Waals surface area (Å²) in [5.41, 5.74) is 2.85. The fourth-order valence-corrected chi connectivity index (χ4v) is 3.60. The molecule has 6 heteroatoms. The first kappa shape index (κ1) is 19.0. The number of amides is 1. The Hall–Kier alpha value is -3.31. The van der Waals surface area contributed by atoms with Gasteiger partial charge in [0.15, 0.2) is 5.43 Å². The molecule has 0 radical (unpaired) electrons. The summed E-state index contributed by atoms with van der Waals surface area (Å²) in [4.78, 5) is 25.8. The molecule has 3 aromatic carbocycles. The van der Waals surface area contributed by atoms with Gasteiger partial charge in [0.05, 0.1) is 18.1 Å². The van der Waals surface area contributed by atoms with Crippen molar-refractivity contribution in [3.05, 3.63) is 81.5 Å². The van der Waals surface area contributed by atoms with Gasteiger partial charge in [0.1, 0.15) is 12.3 Å². The molecule has 0 unspecified atom stereocenters. The highest BCUT2D eigenvalue weighted by atomic mass is 35.5. The number of nitrogens with zero attached hydrogens (tertiary/aromatic N) is 1. The number of carbonyl (C=O) groups excluding carboxylic acids is 1. The normalized spacial score (nSPS) is 11.0. The van der Waals surface area contributed by atoms with Crippen LogP contribution in [-0.4, -0.2) is 17.6 Å². The molecule has 0 saturated heterocycles. The lowest BCUT2D eigenvalue weighted by Gasteiger charge is -2.16. The fourth-order valence-electron chi connectivity index (χ4n) is 3.42. The average Bonchev–Trinajstić information content (AvgIpc) is 2.73. The number of anilines is 1. The number of halogens is 1. The van der Waals surface area contributed by atoms with Crippen molar-refractivity contribution in [2.24, 2.45) is 0 Å². The number of rotatable bonds is 4. The minimum atomic E-state index is -0.212. The molecule has 1 N–H and O–H groups in total. The Balaban J connectivity index is 1.80. The smallest absolute Gasteiger partial charge is 0.244 e. The number of hydrogen-bond donors (Lipinski definition) is 1. The van der Waals surface area contributed by atoms with Gasteiger partial charge in [-0.1, -0.05) is 29.8 Å².